The van der Waals surface area contributed by atoms with E-state index in [0.717, 1.165) is 31.7 Å². The number of carboxylic acid groups (broad SMARTS) is 1. The van der Waals surface area contributed by atoms with Crippen LogP contribution in [-0.2, 0) is 67.1 Å². The van der Waals surface area contributed by atoms with Crippen LogP contribution in [0.4, 0.5) is 0 Å². The van der Waals surface area contributed by atoms with Crippen LogP contribution < -0.4 is 57.9 Å². The van der Waals surface area contributed by atoms with E-state index in [1.807, 2.05) is 0 Å². The van der Waals surface area contributed by atoms with Crippen LogP contribution in [0.25, 0.3) is 23.1 Å². The van der Waals surface area contributed by atoms with E-state index in [-0.39, 0.29) is 42.5 Å². The van der Waals surface area contributed by atoms with Gasteiger partial charge < -0.3 is 98.1 Å². The van der Waals surface area contributed by atoms with Crippen molar-refractivity contribution < 1.29 is 97.3 Å². The number of hydrogen-bond acceptors (Lipinski definition) is 19. The predicted molar refractivity (Wildman–Crippen MR) is 382 cm³/mol. The maximum Gasteiger partial charge on any atom is 0.331 e. The van der Waals surface area contributed by atoms with Gasteiger partial charge in [-0.25, -0.2) is 4.79 Å². The van der Waals surface area contributed by atoms with E-state index in [0.29, 0.717) is 27.8 Å². The minimum absolute atomic E-state index is 0.0164. The number of benzene rings is 4. The van der Waals surface area contributed by atoms with Gasteiger partial charge >= 0.3 is 11.9 Å². The van der Waals surface area contributed by atoms with E-state index in [9.17, 15) is 78.3 Å². The summed E-state index contributed by atoms with van der Waals surface area (Å²) >= 11 is 0. The van der Waals surface area contributed by atoms with Gasteiger partial charge in [0.15, 0.2) is 6.04 Å². The van der Waals surface area contributed by atoms with Crippen molar-refractivity contribution in [1.82, 2.24) is 63.1 Å². The van der Waals surface area contributed by atoms with Gasteiger partial charge in [0.2, 0.25) is 65.3 Å². The third-order valence-electron chi connectivity index (χ3n) is 17.9. The van der Waals surface area contributed by atoms with Gasteiger partial charge in [-0.2, -0.15) is 0 Å². The Morgan fingerprint density at radius 3 is 1.90 bits per heavy atom. The van der Waals surface area contributed by atoms with Crippen molar-refractivity contribution in [2.24, 2.45) is 17.8 Å². The number of aromatic amines is 1. The third kappa shape index (κ3) is 21.4. The highest BCUT2D eigenvalue weighted by Crippen LogP contribution is 2.29. The molecule has 2 aliphatic heterocycles. The topological polar surface area (TPSA) is 481 Å². The molecule has 32 heteroatoms. The van der Waals surface area contributed by atoms with Gasteiger partial charge in [-0.1, -0.05) is 125 Å². The number of aliphatic carboxylic acids is 1. The highest BCUT2D eigenvalue weighted by atomic mass is 16.5. The molecular formula is C74H92N12O20. The van der Waals surface area contributed by atoms with Crippen molar-refractivity contribution in [3.05, 3.63) is 149 Å². The first-order valence-electron chi connectivity index (χ1n) is 34.4. The first-order chi connectivity index (χ1) is 50.3. The summed E-state index contributed by atoms with van der Waals surface area (Å²) in [4.78, 5) is 191. The Hall–Kier alpha value is -11.4. The SMILES string of the molecule is C/C=C\c1ccccc1/C=C/C(=O)N[C@@H]1C(=O)N[C@@H](C)C(=O)N[C@@H]([C@H](C)C(=O)O)C(=O)NCC(=O)N[C@@H](C(O)c2ccccc2)C(=O)N2CCC[C@H]2C(=O)N[C@@H](C(O)c2ccc(OC)cc2)C(=O)N[C@H](c2c[nH]c3ccccc23)C(=O)NC(O)C(=O)N[C@H](CC(C)C)C(=O)NC([C@@H](O)C(C)C)C(=O)OC1C. The van der Waals surface area contributed by atoms with Crippen LogP contribution >= 0.6 is 0 Å². The normalized spacial score (nSPS) is 24.9. The molecule has 4 aromatic carbocycles. The maximum atomic E-state index is 15.2. The van der Waals surface area contributed by atoms with Crippen molar-refractivity contribution in [2.45, 2.75) is 160 Å². The molecule has 16 N–H and O–H groups in total. The van der Waals surface area contributed by atoms with E-state index in [4.69, 9.17) is 9.47 Å². The van der Waals surface area contributed by atoms with Crippen molar-refractivity contribution >= 4 is 100.0 Å². The number of para-hydroxylation sites is 1. The molecule has 2 fully saturated rings. The van der Waals surface area contributed by atoms with Gasteiger partial charge in [0.1, 0.15) is 72.4 Å². The molecule has 2 aliphatic rings. The molecule has 0 bridgehead atoms. The molecule has 15 atom stereocenters. The van der Waals surface area contributed by atoms with Gasteiger partial charge in [0.05, 0.1) is 25.7 Å². The summed E-state index contributed by atoms with van der Waals surface area (Å²) in [5.41, 5.74) is 1.81. The summed E-state index contributed by atoms with van der Waals surface area (Å²) in [6, 6.07) is 9.68. The van der Waals surface area contributed by atoms with E-state index < -0.39 is 186 Å². The van der Waals surface area contributed by atoms with Gasteiger partial charge in [-0.05, 0) is 105 Å². The summed E-state index contributed by atoms with van der Waals surface area (Å²) in [5, 5.41) is 81.6. The van der Waals surface area contributed by atoms with E-state index >= 15 is 9.59 Å². The molecule has 7 rings (SSSR count). The van der Waals surface area contributed by atoms with Crippen LogP contribution in [0.1, 0.15) is 121 Å². The molecular weight excluding hydrogens is 1380 g/mol. The van der Waals surface area contributed by atoms with E-state index in [2.05, 4.69) is 58.2 Å². The van der Waals surface area contributed by atoms with Gasteiger partial charge in [0.25, 0.3) is 5.91 Å². The fourth-order valence-electron chi connectivity index (χ4n) is 11.9. The lowest BCUT2D eigenvalue weighted by Gasteiger charge is -2.33. The van der Waals surface area contributed by atoms with Crippen LogP contribution in [0.2, 0.25) is 0 Å². The number of esters is 1. The Labute approximate surface area is 610 Å². The number of aliphatic hydroxyl groups is 4. The van der Waals surface area contributed by atoms with Crippen molar-refractivity contribution in [3.63, 3.8) is 0 Å². The molecule has 0 radical (unpaired) electrons. The quantitative estimate of drug-likeness (QED) is 0.0464. The second kappa shape index (κ2) is 37.9. The van der Waals surface area contributed by atoms with Crippen LogP contribution in [0, 0.1) is 17.8 Å². The Morgan fingerprint density at radius 1 is 0.642 bits per heavy atom. The maximum absolute atomic E-state index is 15.2. The lowest BCUT2D eigenvalue weighted by atomic mass is 9.97. The monoisotopic (exact) mass is 1470 g/mol. The zero-order valence-electron chi connectivity index (χ0n) is 59.9. The van der Waals surface area contributed by atoms with Gasteiger partial charge in [-0.15, -0.1) is 0 Å². The first kappa shape index (κ1) is 81.9. The molecule has 32 nitrogen and oxygen atoms in total. The number of ether oxygens (including phenoxy) is 2. The number of methoxy groups -OCH3 is 1. The van der Waals surface area contributed by atoms with Crippen molar-refractivity contribution in [1.29, 1.82) is 0 Å². The largest absolute Gasteiger partial charge is 0.497 e. The average Bonchev–Trinajstić information content (AvgIpc) is 1.61. The second-order valence-corrected chi connectivity index (χ2v) is 26.5. The highest BCUT2D eigenvalue weighted by molar-refractivity contribution is 6.02. The number of allylic oxidation sites excluding steroid dienone is 1. The van der Waals surface area contributed by atoms with Crippen LogP contribution in [-0.4, -0.2) is 199 Å². The fraction of sp³-hybridized carbons (Fsp3) is 0.419. The minimum Gasteiger partial charge on any atom is -0.497 e. The average molecular weight is 1470 g/mol. The summed E-state index contributed by atoms with van der Waals surface area (Å²) < 4.78 is 11.1. The second-order valence-electron chi connectivity index (χ2n) is 26.5. The number of rotatable bonds is 16. The standard InChI is InChI=1S/C74H92N12O20/c1-10-19-42-20-14-15-21-43(42)29-32-52(87)79-55-41(8)106-74(104)59(60(89)38(4)5)84-64(93)50(34-37(2)3)78-70(99)71(100)85-68(97)56(48-35-75-49-25-17-16-24-47(48)49)82-69(98)57(61(90)45-27-30-46(105-9)31-28-45)83-65(94)51-26-18-33-86(51)72(101)58(62(91)44-22-12-11-13-23-44)80-53(88)36-76-66(95)54(39(6)73(102)103)81-63(92)40(7)77-67(55)96/h10-17,19-25,27-32,35,37-41,50-51,54-62,71,75,89-91,100H,18,26,33-34,36H2,1-9H3,(H,76,95)(H,77,96)(H,78,99)(H,79,87)(H,80,88)(H,81,92)(H,82,98)(H,83,94)(H,84,93)(H,85,97)(H,102,103)/b19-10-,32-29+/t39-,40-,41?,50+,51-,54-,55-,56+,57-,58-,59?,60-,61?,62?,71?/m0/s1. The van der Waals surface area contributed by atoms with Gasteiger partial charge in [0, 0.05) is 35.3 Å². The highest BCUT2D eigenvalue weighted by Gasteiger charge is 2.45. The summed E-state index contributed by atoms with van der Waals surface area (Å²) in [5.74, 6) is -18.8. The first-order valence-corrected chi connectivity index (χ1v) is 34.4. The molecule has 3 heterocycles. The number of nitrogens with one attached hydrogen (secondary N) is 11. The number of cyclic esters (lactones) is 1. The van der Waals surface area contributed by atoms with Crippen molar-refractivity contribution in [3.8, 4) is 5.75 Å². The van der Waals surface area contributed by atoms with Gasteiger partial charge in [-0.3, -0.25) is 57.5 Å². The fourth-order valence-corrected chi connectivity index (χ4v) is 11.9. The zero-order chi connectivity index (χ0) is 77.8. The number of aromatic nitrogens is 1. The summed E-state index contributed by atoms with van der Waals surface area (Å²) in [6.45, 7) is 10.1. The number of carbonyl (C=O) groups excluding carboxylic acids is 12. The number of fused-ring (bicyclic) bond motifs is 2. The van der Waals surface area contributed by atoms with Crippen molar-refractivity contribution in [2.75, 3.05) is 20.2 Å². The Balaban J connectivity index is 1.31. The van der Waals surface area contributed by atoms with Crippen LogP contribution in [0.5, 0.6) is 5.75 Å². The smallest absolute Gasteiger partial charge is 0.331 e. The zero-order valence-corrected chi connectivity index (χ0v) is 59.9. The molecule has 5 aromatic rings. The molecule has 1 aromatic heterocycles. The molecule has 0 aliphatic carbocycles. The number of nitrogens with zero attached hydrogens (tertiary/aromatic N) is 1. The number of hydrogen-bond donors (Lipinski definition) is 16. The molecule has 2 saturated heterocycles. The Bertz CT molecular complexity index is 4070. The number of carbonyl (C=O) groups is 13. The third-order valence-corrected chi connectivity index (χ3v) is 17.9. The minimum atomic E-state index is -2.54. The molecule has 568 valence electrons. The molecule has 5 unspecified atom stereocenters. The number of carboxylic acids is 1. The summed E-state index contributed by atoms with van der Waals surface area (Å²) in [6.07, 6.45) is -2.80. The molecule has 106 heavy (non-hydrogen) atoms. The lowest BCUT2D eigenvalue weighted by molar-refractivity contribution is -0.160. The predicted octanol–water partition coefficient (Wildman–Crippen LogP) is 0.232. The van der Waals surface area contributed by atoms with E-state index in [1.54, 1.807) is 87.5 Å². The van der Waals surface area contributed by atoms with E-state index in [1.165, 1.54) is 81.8 Å². The molecule has 0 saturated carbocycles. The molecule has 11 amide bonds. The Morgan fingerprint density at radius 2 is 1.25 bits per heavy atom. The van der Waals surface area contributed by atoms with Crippen LogP contribution in [0.3, 0.4) is 0 Å². The molecule has 0 spiro atoms. The number of H-pyrrole nitrogens is 1. The number of aliphatic hydroxyl groups excluding tert-OH is 4. The Kier molecular flexibility index (Phi) is 29.3. The summed E-state index contributed by atoms with van der Waals surface area (Å²) in [7, 11) is 1.38. The van der Waals surface area contributed by atoms with Crippen LogP contribution in [0.15, 0.2) is 121 Å². The number of amides is 11. The lowest BCUT2D eigenvalue weighted by Crippen LogP contribution is -2.61.